The molecule has 0 aromatic heterocycles. The van der Waals surface area contributed by atoms with E-state index < -0.39 is 10.0 Å². The van der Waals surface area contributed by atoms with E-state index in [-0.39, 0.29) is 0 Å². The second-order valence-electron chi connectivity index (χ2n) is 5.77. The summed E-state index contributed by atoms with van der Waals surface area (Å²) >= 11 is 3.32. The molecule has 6 heteroatoms. The first-order chi connectivity index (χ1) is 9.23. The first-order valence-corrected chi connectivity index (χ1v) is 9.02. The summed E-state index contributed by atoms with van der Waals surface area (Å²) in [7, 11) is -3.46. The van der Waals surface area contributed by atoms with Gasteiger partial charge in [-0.15, -0.1) is 0 Å². The van der Waals surface area contributed by atoms with Crippen LogP contribution in [0.4, 0.5) is 5.69 Å². The Balaban J connectivity index is 2.37. The number of rotatable bonds is 3. The Hall–Kier alpha value is -0.590. The Labute approximate surface area is 129 Å². The number of nitrogen functional groups attached to an aromatic ring is 1. The van der Waals surface area contributed by atoms with Crippen LogP contribution in [0.15, 0.2) is 21.5 Å². The third-order valence-corrected chi connectivity index (χ3v) is 6.56. The van der Waals surface area contributed by atoms with Gasteiger partial charge in [-0.05, 0) is 42.9 Å². The van der Waals surface area contributed by atoms with Crippen LogP contribution in [0.3, 0.4) is 0 Å². The van der Waals surface area contributed by atoms with Crippen LogP contribution >= 0.6 is 15.9 Å². The number of nitrogens with zero attached hydrogens (tertiary/aromatic N) is 1. The molecule has 1 aliphatic rings. The van der Waals surface area contributed by atoms with Gasteiger partial charge in [0, 0.05) is 23.2 Å². The zero-order valence-electron chi connectivity index (χ0n) is 12.1. The smallest absolute Gasteiger partial charge is 0.243 e. The summed E-state index contributed by atoms with van der Waals surface area (Å²) in [6.07, 6.45) is 0.930. The molecule has 1 fully saturated rings. The van der Waals surface area contributed by atoms with Crippen molar-refractivity contribution in [2.75, 3.05) is 18.8 Å². The number of halogens is 1. The SMILES string of the molecule is Cc1c(N)cc(Br)cc1S(=O)(=O)N1CCC(C(C)C)C1. The molecule has 4 nitrogen and oxygen atoms in total. The predicted octanol–water partition coefficient (Wildman–Crippen LogP) is 3.01. The Kier molecular flexibility index (Phi) is 4.47. The average Bonchev–Trinajstić information content (AvgIpc) is 2.83. The lowest BCUT2D eigenvalue weighted by Gasteiger charge is -2.20. The van der Waals surface area contributed by atoms with E-state index in [1.54, 1.807) is 23.4 Å². The molecule has 0 spiro atoms. The quantitative estimate of drug-likeness (QED) is 0.842. The molecular weight excluding hydrogens is 340 g/mol. The number of anilines is 1. The van der Waals surface area contributed by atoms with E-state index >= 15 is 0 Å². The van der Waals surface area contributed by atoms with Crippen molar-refractivity contribution in [2.24, 2.45) is 11.8 Å². The van der Waals surface area contributed by atoms with E-state index in [0.29, 0.717) is 45.5 Å². The minimum absolute atomic E-state index is 0.314. The zero-order valence-corrected chi connectivity index (χ0v) is 14.5. The van der Waals surface area contributed by atoms with Crippen LogP contribution in [0, 0.1) is 18.8 Å². The van der Waals surface area contributed by atoms with Crippen molar-refractivity contribution in [3.8, 4) is 0 Å². The molecule has 0 aliphatic carbocycles. The van der Waals surface area contributed by atoms with Gasteiger partial charge in [0.2, 0.25) is 10.0 Å². The van der Waals surface area contributed by atoms with Gasteiger partial charge in [0.1, 0.15) is 0 Å². The summed E-state index contributed by atoms with van der Waals surface area (Å²) in [5.74, 6) is 0.943. The van der Waals surface area contributed by atoms with Crippen molar-refractivity contribution >= 4 is 31.6 Å². The maximum absolute atomic E-state index is 12.8. The van der Waals surface area contributed by atoms with Gasteiger partial charge in [-0.1, -0.05) is 29.8 Å². The second-order valence-corrected chi connectivity index (χ2v) is 8.60. The average molecular weight is 361 g/mol. The lowest BCUT2D eigenvalue weighted by atomic mass is 9.96. The van der Waals surface area contributed by atoms with Crippen molar-refractivity contribution in [2.45, 2.75) is 32.1 Å². The first-order valence-electron chi connectivity index (χ1n) is 6.79. The highest BCUT2D eigenvalue weighted by atomic mass is 79.9. The molecule has 1 heterocycles. The molecule has 1 saturated heterocycles. The van der Waals surface area contributed by atoms with E-state index in [9.17, 15) is 8.42 Å². The van der Waals surface area contributed by atoms with Crippen LogP contribution in [0.2, 0.25) is 0 Å². The maximum atomic E-state index is 12.8. The molecule has 0 radical (unpaired) electrons. The van der Waals surface area contributed by atoms with Crippen molar-refractivity contribution in [1.82, 2.24) is 4.31 Å². The third-order valence-electron chi connectivity index (χ3n) is 4.11. The number of sulfonamides is 1. The molecule has 112 valence electrons. The fraction of sp³-hybridized carbons (Fsp3) is 0.571. The van der Waals surface area contributed by atoms with Crippen molar-refractivity contribution in [3.63, 3.8) is 0 Å². The van der Waals surface area contributed by atoms with Gasteiger partial charge in [0.15, 0.2) is 0 Å². The van der Waals surface area contributed by atoms with Gasteiger partial charge >= 0.3 is 0 Å². The molecule has 1 aliphatic heterocycles. The van der Waals surface area contributed by atoms with Gasteiger partial charge in [-0.3, -0.25) is 0 Å². The Morgan fingerprint density at radius 3 is 2.60 bits per heavy atom. The van der Waals surface area contributed by atoms with Gasteiger partial charge in [-0.25, -0.2) is 8.42 Å². The normalized spacial score (nSPS) is 20.8. The Bertz CT molecular complexity index is 614. The predicted molar refractivity (Wildman–Crippen MR) is 85.0 cm³/mol. The fourth-order valence-corrected chi connectivity index (χ4v) is 5.02. The summed E-state index contributed by atoms with van der Waals surface area (Å²) in [4.78, 5) is 0.314. The van der Waals surface area contributed by atoms with Crippen molar-refractivity contribution in [1.29, 1.82) is 0 Å². The molecule has 0 saturated carbocycles. The van der Waals surface area contributed by atoms with E-state index in [1.807, 2.05) is 0 Å². The number of nitrogens with two attached hydrogens (primary N) is 1. The van der Waals surface area contributed by atoms with E-state index in [4.69, 9.17) is 5.73 Å². The molecule has 1 unspecified atom stereocenters. The van der Waals surface area contributed by atoms with Gasteiger partial charge in [0.25, 0.3) is 0 Å². The van der Waals surface area contributed by atoms with E-state index in [1.165, 1.54) is 0 Å². The maximum Gasteiger partial charge on any atom is 0.243 e. The van der Waals surface area contributed by atoms with Crippen LogP contribution < -0.4 is 5.73 Å². The zero-order chi connectivity index (χ0) is 15.1. The Morgan fingerprint density at radius 1 is 1.40 bits per heavy atom. The standard InChI is InChI=1S/C14H21BrN2O2S/c1-9(2)11-4-5-17(8-11)20(18,19)14-7-12(15)6-13(16)10(14)3/h6-7,9,11H,4-5,8,16H2,1-3H3. The minimum atomic E-state index is -3.46. The highest BCUT2D eigenvalue weighted by molar-refractivity contribution is 9.10. The molecule has 20 heavy (non-hydrogen) atoms. The summed E-state index contributed by atoms with van der Waals surface area (Å²) in [5, 5.41) is 0. The summed E-state index contributed by atoms with van der Waals surface area (Å²) < 4.78 is 27.8. The highest BCUT2D eigenvalue weighted by Crippen LogP contribution is 2.32. The molecule has 1 aromatic carbocycles. The van der Waals surface area contributed by atoms with Crippen LogP contribution in [0.25, 0.3) is 0 Å². The van der Waals surface area contributed by atoms with Crippen LogP contribution in [0.5, 0.6) is 0 Å². The molecule has 0 amide bonds. The number of hydrogen-bond acceptors (Lipinski definition) is 3. The first kappa shape index (κ1) is 15.8. The second kappa shape index (κ2) is 5.66. The van der Waals surface area contributed by atoms with Crippen LogP contribution in [0.1, 0.15) is 25.8 Å². The third kappa shape index (κ3) is 2.87. The van der Waals surface area contributed by atoms with E-state index in [2.05, 4.69) is 29.8 Å². The largest absolute Gasteiger partial charge is 0.398 e. The number of benzene rings is 1. The monoisotopic (exact) mass is 360 g/mol. The minimum Gasteiger partial charge on any atom is -0.398 e. The highest BCUT2D eigenvalue weighted by Gasteiger charge is 2.34. The molecule has 0 bridgehead atoms. The molecule has 1 atom stereocenters. The van der Waals surface area contributed by atoms with Crippen molar-refractivity contribution < 1.29 is 8.42 Å². The van der Waals surface area contributed by atoms with Crippen LogP contribution in [-0.4, -0.2) is 25.8 Å². The fourth-order valence-electron chi connectivity index (χ4n) is 2.60. The summed E-state index contributed by atoms with van der Waals surface area (Å²) in [6.45, 7) is 7.24. The van der Waals surface area contributed by atoms with Crippen molar-refractivity contribution in [3.05, 3.63) is 22.2 Å². The van der Waals surface area contributed by atoms with Gasteiger partial charge < -0.3 is 5.73 Å². The Morgan fingerprint density at radius 2 is 2.05 bits per heavy atom. The van der Waals surface area contributed by atoms with Gasteiger partial charge in [-0.2, -0.15) is 4.31 Å². The molecule has 1 aromatic rings. The lowest BCUT2D eigenvalue weighted by molar-refractivity contribution is 0.388. The topological polar surface area (TPSA) is 63.4 Å². The molecule has 2 N–H and O–H groups in total. The van der Waals surface area contributed by atoms with Gasteiger partial charge in [0.05, 0.1) is 4.90 Å². The summed E-state index contributed by atoms with van der Waals surface area (Å²) in [6, 6.07) is 3.37. The van der Waals surface area contributed by atoms with Crippen LogP contribution in [-0.2, 0) is 10.0 Å². The number of hydrogen-bond donors (Lipinski definition) is 1. The summed E-state index contributed by atoms with van der Waals surface area (Å²) in [5.41, 5.74) is 7.00. The lowest BCUT2D eigenvalue weighted by Crippen LogP contribution is -2.30. The molecular formula is C14H21BrN2O2S. The molecule has 2 rings (SSSR count). The van der Waals surface area contributed by atoms with E-state index in [0.717, 1.165) is 6.42 Å².